The van der Waals surface area contributed by atoms with Crippen LogP contribution < -0.4 is 10.6 Å². The molecule has 21 heavy (non-hydrogen) atoms. The number of fused-ring (bicyclic) bond motifs is 1. The lowest BCUT2D eigenvalue weighted by molar-refractivity contribution is 0.102. The first-order valence-electron chi connectivity index (χ1n) is 6.77. The zero-order valence-electron chi connectivity index (χ0n) is 11.2. The first kappa shape index (κ1) is 13.9. The summed E-state index contributed by atoms with van der Waals surface area (Å²) >= 11 is 5.91. The van der Waals surface area contributed by atoms with Gasteiger partial charge < -0.3 is 10.6 Å². The van der Waals surface area contributed by atoms with Crippen LogP contribution in [0.15, 0.2) is 36.4 Å². The van der Waals surface area contributed by atoms with Gasteiger partial charge in [-0.25, -0.2) is 4.39 Å². The van der Waals surface area contributed by atoms with Gasteiger partial charge in [-0.2, -0.15) is 0 Å². The van der Waals surface area contributed by atoms with Crippen molar-refractivity contribution in [3.05, 3.63) is 58.4 Å². The predicted octanol–water partition coefficient (Wildman–Crippen LogP) is 4.09. The maximum absolute atomic E-state index is 13.0. The van der Waals surface area contributed by atoms with Crippen LogP contribution in [0.2, 0.25) is 5.02 Å². The minimum absolute atomic E-state index is 0.183. The highest BCUT2D eigenvalue weighted by Gasteiger charge is 2.13. The third-order valence-electron chi connectivity index (χ3n) is 3.49. The van der Waals surface area contributed by atoms with E-state index < -0.39 is 5.82 Å². The Bertz CT molecular complexity index is 703. The summed E-state index contributed by atoms with van der Waals surface area (Å²) in [6.07, 6.45) is 2.02. The first-order valence-corrected chi connectivity index (χ1v) is 7.14. The van der Waals surface area contributed by atoms with Crippen molar-refractivity contribution in [1.29, 1.82) is 0 Å². The normalized spacial score (nSPS) is 13.2. The highest BCUT2D eigenvalue weighted by atomic mass is 35.5. The van der Waals surface area contributed by atoms with Crippen molar-refractivity contribution in [2.24, 2.45) is 0 Å². The number of carbonyl (C=O) groups excluding carboxylic acids is 1. The zero-order chi connectivity index (χ0) is 14.8. The molecule has 0 aliphatic carbocycles. The van der Waals surface area contributed by atoms with Crippen molar-refractivity contribution in [2.75, 3.05) is 17.2 Å². The highest BCUT2D eigenvalue weighted by molar-refractivity contribution is 6.33. The van der Waals surface area contributed by atoms with E-state index in [1.807, 2.05) is 12.1 Å². The summed E-state index contributed by atoms with van der Waals surface area (Å²) in [6, 6.07) is 9.45. The molecule has 0 aromatic heterocycles. The van der Waals surface area contributed by atoms with Crippen LogP contribution in [-0.2, 0) is 6.42 Å². The van der Waals surface area contributed by atoms with E-state index in [4.69, 9.17) is 11.6 Å². The molecule has 108 valence electrons. The second-order valence-corrected chi connectivity index (χ2v) is 5.39. The molecule has 0 saturated carbocycles. The van der Waals surface area contributed by atoms with Crippen LogP contribution in [0.1, 0.15) is 22.3 Å². The van der Waals surface area contributed by atoms with E-state index in [1.165, 1.54) is 18.2 Å². The van der Waals surface area contributed by atoms with Gasteiger partial charge >= 0.3 is 0 Å². The summed E-state index contributed by atoms with van der Waals surface area (Å²) in [4.78, 5) is 12.3. The topological polar surface area (TPSA) is 41.1 Å². The van der Waals surface area contributed by atoms with Crippen LogP contribution in [-0.4, -0.2) is 12.5 Å². The summed E-state index contributed by atoms with van der Waals surface area (Å²) in [5, 5.41) is 6.19. The summed E-state index contributed by atoms with van der Waals surface area (Å²) in [7, 11) is 0. The number of nitrogens with one attached hydrogen (secondary N) is 2. The molecule has 1 aliphatic rings. The lowest BCUT2D eigenvalue weighted by atomic mass is 10.0. The average molecular weight is 305 g/mol. The maximum atomic E-state index is 13.0. The van der Waals surface area contributed by atoms with Gasteiger partial charge in [-0.3, -0.25) is 4.79 Å². The largest absolute Gasteiger partial charge is 0.385 e. The zero-order valence-corrected chi connectivity index (χ0v) is 12.0. The van der Waals surface area contributed by atoms with Crippen LogP contribution in [0, 0.1) is 5.82 Å². The maximum Gasteiger partial charge on any atom is 0.255 e. The monoisotopic (exact) mass is 304 g/mol. The van der Waals surface area contributed by atoms with Crippen molar-refractivity contribution >= 4 is 28.9 Å². The van der Waals surface area contributed by atoms with E-state index in [0.29, 0.717) is 11.3 Å². The number of carbonyl (C=O) groups is 1. The molecule has 1 heterocycles. The van der Waals surface area contributed by atoms with Crippen molar-refractivity contribution in [1.82, 2.24) is 0 Å². The Hall–Kier alpha value is -2.07. The SMILES string of the molecule is O=C(Nc1ccc(F)cc1Cl)c1ccc2c(c1)CCCN2. The fourth-order valence-electron chi connectivity index (χ4n) is 2.40. The fraction of sp³-hybridized carbons (Fsp3) is 0.188. The molecule has 0 saturated heterocycles. The molecular formula is C16H14ClFN2O. The number of rotatable bonds is 2. The molecular weight excluding hydrogens is 291 g/mol. The van der Waals surface area contributed by atoms with Crippen LogP contribution in [0.5, 0.6) is 0 Å². The molecule has 2 N–H and O–H groups in total. The molecule has 0 fully saturated rings. The Balaban J connectivity index is 1.82. The quantitative estimate of drug-likeness (QED) is 0.877. The van der Waals surface area contributed by atoms with Gasteiger partial charge in [0.25, 0.3) is 5.91 Å². The van der Waals surface area contributed by atoms with E-state index >= 15 is 0 Å². The summed E-state index contributed by atoms with van der Waals surface area (Å²) in [6.45, 7) is 0.962. The number of anilines is 2. The lowest BCUT2D eigenvalue weighted by Gasteiger charge is -2.18. The molecule has 1 aliphatic heterocycles. The van der Waals surface area contributed by atoms with E-state index in [9.17, 15) is 9.18 Å². The minimum Gasteiger partial charge on any atom is -0.385 e. The predicted molar refractivity (Wildman–Crippen MR) is 82.6 cm³/mol. The third-order valence-corrected chi connectivity index (χ3v) is 3.80. The Kier molecular flexibility index (Phi) is 3.80. The van der Waals surface area contributed by atoms with Crippen LogP contribution in [0.3, 0.4) is 0 Å². The van der Waals surface area contributed by atoms with Gasteiger partial charge in [0, 0.05) is 17.8 Å². The molecule has 5 heteroatoms. The Labute approximate surface area is 127 Å². The van der Waals surface area contributed by atoms with Gasteiger partial charge in [-0.05, 0) is 54.8 Å². The van der Waals surface area contributed by atoms with E-state index in [1.54, 1.807) is 6.07 Å². The second kappa shape index (κ2) is 5.74. The van der Waals surface area contributed by atoms with Gasteiger partial charge in [-0.1, -0.05) is 11.6 Å². The van der Waals surface area contributed by atoms with Crippen molar-refractivity contribution in [2.45, 2.75) is 12.8 Å². The first-order chi connectivity index (χ1) is 10.1. The Morgan fingerprint density at radius 2 is 2.10 bits per heavy atom. The second-order valence-electron chi connectivity index (χ2n) is 4.98. The molecule has 0 bridgehead atoms. The number of hydrogen-bond donors (Lipinski definition) is 2. The van der Waals surface area contributed by atoms with Crippen LogP contribution in [0.4, 0.5) is 15.8 Å². The fourth-order valence-corrected chi connectivity index (χ4v) is 2.62. The molecule has 3 nitrogen and oxygen atoms in total. The molecule has 1 amide bonds. The molecule has 3 rings (SSSR count). The van der Waals surface area contributed by atoms with Crippen LogP contribution >= 0.6 is 11.6 Å². The average Bonchev–Trinajstić information content (AvgIpc) is 2.49. The van der Waals surface area contributed by atoms with Gasteiger partial charge in [0.05, 0.1) is 10.7 Å². The van der Waals surface area contributed by atoms with E-state index in [0.717, 1.165) is 30.6 Å². The molecule has 0 spiro atoms. The smallest absolute Gasteiger partial charge is 0.255 e. The molecule has 2 aromatic rings. The lowest BCUT2D eigenvalue weighted by Crippen LogP contribution is -2.15. The molecule has 0 atom stereocenters. The standard InChI is InChI=1S/C16H14ClFN2O/c17-13-9-12(18)4-6-15(13)20-16(21)11-3-5-14-10(8-11)2-1-7-19-14/h3-6,8-9,19H,1-2,7H2,(H,20,21). The van der Waals surface area contributed by atoms with Crippen molar-refractivity contribution in [3.8, 4) is 0 Å². The third kappa shape index (κ3) is 3.00. The van der Waals surface area contributed by atoms with Crippen LogP contribution in [0.25, 0.3) is 0 Å². The summed E-state index contributed by atoms with van der Waals surface area (Å²) < 4.78 is 13.0. The highest BCUT2D eigenvalue weighted by Crippen LogP contribution is 2.25. The minimum atomic E-state index is -0.433. The molecule has 0 unspecified atom stereocenters. The number of halogens is 2. The van der Waals surface area contributed by atoms with Crippen molar-refractivity contribution < 1.29 is 9.18 Å². The summed E-state index contributed by atoms with van der Waals surface area (Å²) in [5.74, 6) is -0.685. The van der Waals surface area contributed by atoms with Gasteiger partial charge in [-0.15, -0.1) is 0 Å². The van der Waals surface area contributed by atoms with E-state index in [2.05, 4.69) is 10.6 Å². The summed E-state index contributed by atoms with van der Waals surface area (Å²) in [5.41, 5.74) is 3.19. The number of hydrogen-bond acceptors (Lipinski definition) is 2. The number of amides is 1. The van der Waals surface area contributed by atoms with Gasteiger partial charge in [0.2, 0.25) is 0 Å². The number of benzene rings is 2. The van der Waals surface area contributed by atoms with E-state index in [-0.39, 0.29) is 10.9 Å². The van der Waals surface area contributed by atoms with Gasteiger partial charge in [0.1, 0.15) is 5.82 Å². The van der Waals surface area contributed by atoms with Gasteiger partial charge in [0.15, 0.2) is 0 Å². The molecule has 0 radical (unpaired) electrons. The Morgan fingerprint density at radius 3 is 2.90 bits per heavy atom. The van der Waals surface area contributed by atoms with Crippen molar-refractivity contribution in [3.63, 3.8) is 0 Å². The Morgan fingerprint density at radius 1 is 1.24 bits per heavy atom. The number of aryl methyl sites for hydroxylation is 1. The molecule has 2 aromatic carbocycles.